The van der Waals surface area contributed by atoms with E-state index in [9.17, 15) is 13.6 Å². The van der Waals surface area contributed by atoms with Crippen molar-refractivity contribution >= 4 is 14.3 Å². The second-order valence-electron chi connectivity index (χ2n) is 6.91. The maximum absolute atomic E-state index is 13.3. The number of halogens is 2. The smallest absolute Gasteiger partial charge is 0.341 e. The molecule has 0 aliphatic rings. The van der Waals surface area contributed by atoms with E-state index in [1.165, 1.54) is 4.68 Å². The second kappa shape index (κ2) is 7.52. The van der Waals surface area contributed by atoms with Crippen molar-refractivity contribution in [1.29, 1.82) is 0 Å². The third kappa shape index (κ3) is 6.02. The van der Waals surface area contributed by atoms with E-state index in [1.54, 1.807) is 6.92 Å². The number of esters is 1. The van der Waals surface area contributed by atoms with Gasteiger partial charge in [0.05, 0.1) is 18.4 Å². The molecular formula is C15H26F2N2O3Si. The van der Waals surface area contributed by atoms with Crippen molar-refractivity contribution in [3.05, 3.63) is 17.5 Å². The molecule has 0 aliphatic carbocycles. The summed E-state index contributed by atoms with van der Waals surface area (Å²) < 4.78 is 38.7. The van der Waals surface area contributed by atoms with Crippen molar-refractivity contribution in [2.75, 3.05) is 6.61 Å². The monoisotopic (exact) mass is 348 g/mol. The molecule has 0 bridgehead atoms. The van der Waals surface area contributed by atoms with Crippen LogP contribution >= 0.6 is 0 Å². The SMILES string of the molecule is CCOC(=O)c1cnn(CCC(C)(C)O[Si](C)(C)C)c1C(F)F. The zero-order valence-corrected chi connectivity index (χ0v) is 15.7. The highest BCUT2D eigenvalue weighted by molar-refractivity contribution is 6.69. The molecule has 0 aromatic carbocycles. The van der Waals surface area contributed by atoms with Gasteiger partial charge < -0.3 is 9.16 Å². The largest absolute Gasteiger partial charge is 0.462 e. The van der Waals surface area contributed by atoms with Gasteiger partial charge in [-0.25, -0.2) is 13.6 Å². The van der Waals surface area contributed by atoms with Crippen LogP contribution in [0, 0.1) is 0 Å². The number of ether oxygens (including phenoxy) is 1. The molecule has 0 unspecified atom stereocenters. The first kappa shape index (κ1) is 19.8. The summed E-state index contributed by atoms with van der Waals surface area (Å²) in [7, 11) is -1.74. The minimum atomic E-state index is -2.79. The van der Waals surface area contributed by atoms with Gasteiger partial charge in [0.2, 0.25) is 0 Å². The molecule has 0 saturated carbocycles. The summed E-state index contributed by atoms with van der Waals surface area (Å²) in [5.41, 5.74) is -1.02. The molecule has 0 radical (unpaired) electrons. The van der Waals surface area contributed by atoms with Crippen LogP contribution in [-0.2, 0) is 15.7 Å². The van der Waals surface area contributed by atoms with E-state index >= 15 is 0 Å². The van der Waals surface area contributed by atoms with Crippen LogP contribution in [0.25, 0.3) is 0 Å². The Balaban J connectivity index is 2.91. The first-order valence-corrected chi connectivity index (χ1v) is 11.1. The van der Waals surface area contributed by atoms with Crippen LogP contribution in [0.2, 0.25) is 19.6 Å². The highest BCUT2D eigenvalue weighted by Gasteiger charge is 2.29. The van der Waals surface area contributed by atoms with Gasteiger partial charge in [-0.15, -0.1) is 0 Å². The van der Waals surface area contributed by atoms with Crippen LogP contribution < -0.4 is 0 Å². The zero-order chi connectivity index (χ0) is 17.8. The summed E-state index contributed by atoms with van der Waals surface area (Å²) >= 11 is 0. The van der Waals surface area contributed by atoms with Crippen LogP contribution in [0.5, 0.6) is 0 Å². The fourth-order valence-electron chi connectivity index (χ4n) is 2.42. The molecule has 132 valence electrons. The van der Waals surface area contributed by atoms with Gasteiger partial charge in [-0.1, -0.05) is 0 Å². The lowest BCUT2D eigenvalue weighted by molar-refractivity contribution is 0.0512. The van der Waals surface area contributed by atoms with Gasteiger partial charge >= 0.3 is 5.97 Å². The Morgan fingerprint density at radius 2 is 2.00 bits per heavy atom. The van der Waals surface area contributed by atoms with Gasteiger partial charge in [0, 0.05) is 6.54 Å². The van der Waals surface area contributed by atoms with E-state index < -0.39 is 32.0 Å². The van der Waals surface area contributed by atoms with Gasteiger partial charge in [-0.2, -0.15) is 5.10 Å². The minimum absolute atomic E-state index is 0.129. The third-order valence-corrected chi connectivity index (χ3v) is 4.26. The summed E-state index contributed by atoms with van der Waals surface area (Å²) in [4.78, 5) is 11.7. The third-order valence-electron chi connectivity index (χ3n) is 3.09. The molecule has 0 saturated heterocycles. The molecule has 1 aromatic heterocycles. The van der Waals surface area contributed by atoms with Crippen molar-refractivity contribution in [2.45, 2.75) is 65.4 Å². The summed E-state index contributed by atoms with van der Waals surface area (Å²) in [6.45, 7) is 12.1. The van der Waals surface area contributed by atoms with Crippen LogP contribution in [0.3, 0.4) is 0 Å². The average Bonchev–Trinajstić information content (AvgIpc) is 2.77. The first-order chi connectivity index (χ1) is 10.5. The highest BCUT2D eigenvalue weighted by Crippen LogP contribution is 2.26. The Hall–Kier alpha value is -1.28. The maximum Gasteiger partial charge on any atom is 0.341 e. The summed E-state index contributed by atoms with van der Waals surface area (Å²) in [5, 5.41) is 3.93. The lowest BCUT2D eigenvalue weighted by Crippen LogP contribution is -2.39. The molecule has 0 fully saturated rings. The predicted molar refractivity (Wildman–Crippen MR) is 86.3 cm³/mol. The van der Waals surface area contributed by atoms with Crippen molar-refractivity contribution < 1.29 is 22.7 Å². The second-order valence-corrected chi connectivity index (χ2v) is 11.3. The van der Waals surface area contributed by atoms with Crippen molar-refractivity contribution in [1.82, 2.24) is 9.78 Å². The molecule has 0 N–H and O–H groups in total. The number of nitrogens with zero attached hydrogens (tertiary/aromatic N) is 2. The lowest BCUT2D eigenvalue weighted by Gasteiger charge is -2.33. The molecule has 1 aromatic rings. The summed E-state index contributed by atoms with van der Waals surface area (Å²) in [5.74, 6) is -0.772. The summed E-state index contributed by atoms with van der Waals surface area (Å²) in [6.07, 6.45) is -1.13. The number of carbonyl (C=O) groups excluding carboxylic acids is 1. The van der Waals surface area contributed by atoms with Gasteiger partial charge in [0.15, 0.2) is 8.32 Å². The molecule has 8 heteroatoms. The lowest BCUT2D eigenvalue weighted by atomic mass is 10.1. The van der Waals surface area contributed by atoms with E-state index in [-0.39, 0.29) is 18.7 Å². The molecule has 0 aliphatic heterocycles. The molecule has 0 spiro atoms. The zero-order valence-electron chi connectivity index (χ0n) is 14.7. The number of hydrogen-bond acceptors (Lipinski definition) is 4. The van der Waals surface area contributed by atoms with Crippen LogP contribution in [0.1, 0.15) is 49.7 Å². The number of alkyl halides is 2. The Kier molecular flexibility index (Phi) is 6.47. The minimum Gasteiger partial charge on any atom is -0.462 e. The average molecular weight is 348 g/mol. The van der Waals surface area contributed by atoms with E-state index in [2.05, 4.69) is 24.7 Å². The highest BCUT2D eigenvalue weighted by atomic mass is 28.4. The Bertz CT molecular complexity index is 539. The fourth-order valence-corrected chi connectivity index (χ4v) is 4.18. The van der Waals surface area contributed by atoms with Crippen LogP contribution in [0.4, 0.5) is 8.78 Å². The molecule has 0 atom stereocenters. The number of rotatable bonds is 8. The molecule has 0 amide bonds. The van der Waals surface area contributed by atoms with Crippen LogP contribution in [-0.4, -0.2) is 36.3 Å². The standard InChI is InChI=1S/C15H26F2N2O3Si/c1-7-21-14(20)11-10-18-19(12(11)13(16)17)9-8-15(2,3)22-23(4,5)6/h10,13H,7-9H2,1-6H3. The van der Waals surface area contributed by atoms with Crippen molar-refractivity contribution in [3.8, 4) is 0 Å². The van der Waals surface area contributed by atoms with E-state index in [0.717, 1.165) is 6.20 Å². The fraction of sp³-hybridized carbons (Fsp3) is 0.733. The number of carbonyl (C=O) groups is 1. The number of aromatic nitrogens is 2. The predicted octanol–water partition coefficient (Wildman–Crippen LogP) is 4.02. The molecular weight excluding hydrogens is 322 g/mol. The summed E-state index contributed by atoms with van der Waals surface area (Å²) in [6, 6.07) is 0. The molecule has 23 heavy (non-hydrogen) atoms. The van der Waals surface area contributed by atoms with Gasteiger partial charge in [0.1, 0.15) is 11.3 Å². The Morgan fingerprint density at radius 1 is 1.39 bits per heavy atom. The molecule has 1 heterocycles. The Morgan fingerprint density at radius 3 is 2.48 bits per heavy atom. The van der Waals surface area contributed by atoms with E-state index in [4.69, 9.17) is 9.16 Å². The van der Waals surface area contributed by atoms with Crippen molar-refractivity contribution in [2.24, 2.45) is 0 Å². The number of aryl methyl sites for hydroxylation is 1. The van der Waals surface area contributed by atoms with Gasteiger partial charge in [0.25, 0.3) is 6.43 Å². The van der Waals surface area contributed by atoms with Gasteiger partial charge in [-0.05, 0) is 46.8 Å². The molecule has 5 nitrogen and oxygen atoms in total. The van der Waals surface area contributed by atoms with Crippen LogP contribution in [0.15, 0.2) is 6.20 Å². The maximum atomic E-state index is 13.3. The number of hydrogen-bond donors (Lipinski definition) is 0. The molecule has 1 rings (SSSR count). The van der Waals surface area contributed by atoms with E-state index in [0.29, 0.717) is 6.42 Å². The first-order valence-electron chi connectivity index (χ1n) is 7.68. The normalized spacial score (nSPS) is 12.7. The quantitative estimate of drug-likeness (QED) is 0.526. The van der Waals surface area contributed by atoms with Crippen molar-refractivity contribution in [3.63, 3.8) is 0 Å². The van der Waals surface area contributed by atoms with E-state index in [1.807, 2.05) is 13.8 Å². The Labute approximate surface area is 137 Å². The topological polar surface area (TPSA) is 53.3 Å². The van der Waals surface area contributed by atoms with Gasteiger partial charge in [-0.3, -0.25) is 4.68 Å².